The highest BCUT2D eigenvalue weighted by atomic mass is 35.5. The van der Waals surface area contributed by atoms with Crippen molar-refractivity contribution in [3.05, 3.63) is 70.8 Å². The summed E-state index contributed by atoms with van der Waals surface area (Å²) in [7, 11) is 1.68. The Morgan fingerprint density at radius 3 is 2.61 bits per heavy atom. The van der Waals surface area contributed by atoms with E-state index in [1.807, 2.05) is 42.5 Å². The van der Waals surface area contributed by atoms with E-state index in [-0.39, 0.29) is 0 Å². The Hall–Kier alpha value is -1.73. The maximum absolute atomic E-state index is 5.84. The second kappa shape index (κ2) is 6.27. The molecule has 2 heteroatoms. The largest absolute Gasteiger partial charge is 0.497 e. The van der Waals surface area contributed by atoms with Crippen LogP contribution in [-0.4, -0.2) is 7.11 Å². The van der Waals surface area contributed by atoms with E-state index in [2.05, 4.69) is 18.2 Å². The fourth-order valence-electron chi connectivity index (χ4n) is 1.70. The average Bonchev–Trinajstić information content (AvgIpc) is 2.41. The Morgan fingerprint density at radius 2 is 1.89 bits per heavy atom. The minimum atomic E-state index is 0.774. The Bertz CT molecular complexity index is 529. The van der Waals surface area contributed by atoms with Gasteiger partial charge in [0.05, 0.1) is 7.11 Å². The first-order chi connectivity index (χ1) is 8.78. The summed E-state index contributed by atoms with van der Waals surface area (Å²) in [5.74, 6) is 0.878. The van der Waals surface area contributed by atoms with Gasteiger partial charge in [0.15, 0.2) is 0 Å². The van der Waals surface area contributed by atoms with Crippen LogP contribution in [0.25, 0.3) is 6.08 Å². The Kier molecular flexibility index (Phi) is 4.43. The van der Waals surface area contributed by atoms with Crippen molar-refractivity contribution in [1.29, 1.82) is 0 Å². The van der Waals surface area contributed by atoms with Crippen molar-refractivity contribution < 1.29 is 4.74 Å². The van der Waals surface area contributed by atoms with E-state index < -0.39 is 0 Å². The van der Waals surface area contributed by atoms with Crippen LogP contribution in [0.2, 0.25) is 5.02 Å². The van der Waals surface area contributed by atoms with Crippen molar-refractivity contribution in [2.45, 2.75) is 6.42 Å². The first-order valence-corrected chi connectivity index (χ1v) is 6.21. The van der Waals surface area contributed by atoms with E-state index in [0.717, 1.165) is 22.8 Å². The summed E-state index contributed by atoms with van der Waals surface area (Å²) in [6.07, 6.45) is 5.13. The monoisotopic (exact) mass is 258 g/mol. The third-order valence-corrected chi connectivity index (χ3v) is 2.92. The van der Waals surface area contributed by atoms with Gasteiger partial charge in [-0.1, -0.05) is 48.0 Å². The number of halogens is 1. The Labute approximate surface area is 113 Å². The zero-order valence-electron chi connectivity index (χ0n) is 10.3. The molecule has 0 aliphatic heterocycles. The van der Waals surface area contributed by atoms with Gasteiger partial charge in [-0.15, -0.1) is 0 Å². The van der Waals surface area contributed by atoms with Gasteiger partial charge >= 0.3 is 0 Å². The first-order valence-electron chi connectivity index (χ1n) is 5.83. The summed E-state index contributed by atoms with van der Waals surface area (Å²) < 4.78 is 5.18. The highest BCUT2D eigenvalue weighted by Crippen LogP contribution is 2.14. The lowest BCUT2D eigenvalue weighted by atomic mass is 10.1. The normalized spacial score (nSPS) is 10.8. The number of hydrogen-bond donors (Lipinski definition) is 0. The lowest BCUT2D eigenvalue weighted by Crippen LogP contribution is -1.83. The summed E-state index contributed by atoms with van der Waals surface area (Å²) >= 11 is 5.84. The molecule has 0 N–H and O–H groups in total. The lowest BCUT2D eigenvalue weighted by molar-refractivity contribution is 0.414. The molecule has 0 amide bonds. The van der Waals surface area contributed by atoms with Crippen LogP contribution in [0.3, 0.4) is 0 Å². The number of ether oxygens (including phenoxy) is 1. The van der Waals surface area contributed by atoms with Crippen molar-refractivity contribution in [2.75, 3.05) is 7.11 Å². The van der Waals surface area contributed by atoms with Gasteiger partial charge in [0, 0.05) is 5.02 Å². The van der Waals surface area contributed by atoms with Gasteiger partial charge < -0.3 is 4.74 Å². The molecule has 0 atom stereocenters. The topological polar surface area (TPSA) is 9.23 Å². The maximum atomic E-state index is 5.84. The predicted molar refractivity (Wildman–Crippen MR) is 77.2 cm³/mol. The first kappa shape index (κ1) is 12.7. The van der Waals surface area contributed by atoms with Gasteiger partial charge in [0.2, 0.25) is 0 Å². The molecule has 0 fully saturated rings. The fraction of sp³-hybridized carbons (Fsp3) is 0.125. The van der Waals surface area contributed by atoms with Crippen LogP contribution in [0.1, 0.15) is 11.1 Å². The van der Waals surface area contributed by atoms with Crippen molar-refractivity contribution in [2.24, 2.45) is 0 Å². The maximum Gasteiger partial charge on any atom is 0.119 e. The average molecular weight is 259 g/mol. The van der Waals surface area contributed by atoms with Crippen LogP contribution in [-0.2, 0) is 6.42 Å². The molecule has 2 aromatic carbocycles. The molecule has 0 aromatic heterocycles. The van der Waals surface area contributed by atoms with E-state index >= 15 is 0 Å². The van der Waals surface area contributed by atoms with Gasteiger partial charge in [0.25, 0.3) is 0 Å². The van der Waals surface area contributed by atoms with Crippen LogP contribution in [0.4, 0.5) is 0 Å². The minimum absolute atomic E-state index is 0.774. The van der Waals surface area contributed by atoms with E-state index in [1.165, 1.54) is 5.56 Å². The quantitative estimate of drug-likeness (QED) is 0.779. The molecule has 0 saturated heterocycles. The number of rotatable bonds is 4. The van der Waals surface area contributed by atoms with Crippen molar-refractivity contribution in [3.8, 4) is 5.75 Å². The molecule has 0 saturated carbocycles. The molecule has 1 nitrogen and oxygen atoms in total. The fourth-order valence-corrected chi connectivity index (χ4v) is 1.82. The second-order valence-electron chi connectivity index (χ2n) is 4.01. The molecule has 18 heavy (non-hydrogen) atoms. The summed E-state index contributed by atoms with van der Waals surface area (Å²) in [6, 6.07) is 15.9. The smallest absolute Gasteiger partial charge is 0.119 e. The van der Waals surface area contributed by atoms with Gasteiger partial charge in [-0.3, -0.25) is 0 Å². The van der Waals surface area contributed by atoms with Gasteiger partial charge in [-0.2, -0.15) is 0 Å². The molecule has 2 rings (SSSR count). The molecule has 92 valence electrons. The zero-order valence-corrected chi connectivity index (χ0v) is 11.0. The van der Waals surface area contributed by atoms with Crippen molar-refractivity contribution in [1.82, 2.24) is 0 Å². The van der Waals surface area contributed by atoms with Crippen LogP contribution >= 0.6 is 11.6 Å². The molecule has 0 aliphatic rings. The van der Waals surface area contributed by atoms with E-state index in [4.69, 9.17) is 16.3 Å². The minimum Gasteiger partial charge on any atom is -0.497 e. The standard InChI is InChI=1S/C16H15ClO/c1-18-16-7-3-6-14(12-16)5-2-4-13-8-10-15(17)11-9-13/h2-3,5-12H,4H2,1H3/b5-2+. The summed E-state index contributed by atoms with van der Waals surface area (Å²) in [4.78, 5) is 0. The third-order valence-electron chi connectivity index (χ3n) is 2.67. The van der Waals surface area contributed by atoms with E-state index in [9.17, 15) is 0 Å². The van der Waals surface area contributed by atoms with Crippen molar-refractivity contribution >= 4 is 17.7 Å². The molecule has 0 bridgehead atoms. The van der Waals surface area contributed by atoms with Crippen LogP contribution in [0.15, 0.2) is 54.6 Å². The molecule has 0 unspecified atom stereocenters. The van der Waals surface area contributed by atoms with E-state index in [0.29, 0.717) is 0 Å². The molecular formula is C16H15ClO. The third kappa shape index (κ3) is 3.64. The number of benzene rings is 2. The van der Waals surface area contributed by atoms with Crippen LogP contribution < -0.4 is 4.74 Å². The zero-order chi connectivity index (χ0) is 12.8. The predicted octanol–water partition coefficient (Wildman–Crippen LogP) is 4.60. The van der Waals surface area contributed by atoms with Crippen molar-refractivity contribution in [3.63, 3.8) is 0 Å². The highest BCUT2D eigenvalue weighted by molar-refractivity contribution is 6.30. The van der Waals surface area contributed by atoms with Crippen LogP contribution in [0, 0.1) is 0 Å². The van der Waals surface area contributed by atoms with Gasteiger partial charge in [-0.25, -0.2) is 0 Å². The lowest BCUT2D eigenvalue weighted by Gasteiger charge is -2.00. The number of hydrogen-bond acceptors (Lipinski definition) is 1. The summed E-state index contributed by atoms with van der Waals surface area (Å²) in [5, 5.41) is 0.774. The summed E-state index contributed by atoms with van der Waals surface area (Å²) in [5.41, 5.74) is 2.39. The van der Waals surface area contributed by atoms with Gasteiger partial charge in [-0.05, 0) is 41.8 Å². The molecule has 0 aliphatic carbocycles. The number of methoxy groups -OCH3 is 1. The molecule has 0 radical (unpaired) electrons. The summed E-state index contributed by atoms with van der Waals surface area (Å²) in [6.45, 7) is 0. The number of allylic oxidation sites excluding steroid dienone is 1. The van der Waals surface area contributed by atoms with Gasteiger partial charge in [0.1, 0.15) is 5.75 Å². The molecule has 0 spiro atoms. The Morgan fingerprint density at radius 1 is 1.11 bits per heavy atom. The SMILES string of the molecule is COc1cccc(/C=C/Cc2ccc(Cl)cc2)c1. The van der Waals surface area contributed by atoms with E-state index in [1.54, 1.807) is 7.11 Å². The second-order valence-corrected chi connectivity index (χ2v) is 4.45. The molecule has 2 aromatic rings. The molecular weight excluding hydrogens is 244 g/mol. The Balaban J connectivity index is 2.00. The van der Waals surface area contributed by atoms with Crippen LogP contribution in [0.5, 0.6) is 5.75 Å². The molecule has 0 heterocycles. The highest BCUT2D eigenvalue weighted by Gasteiger charge is 1.92.